The Morgan fingerprint density at radius 3 is 2.50 bits per heavy atom. The molecule has 0 aromatic heterocycles. The van der Waals surface area contributed by atoms with Gasteiger partial charge >= 0.3 is 5.97 Å². The topological polar surface area (TPSA) is 96.2 Å². The molecule has 6 heteroatoms. The molecular formula is C22H26O6. The lowest BCUT2D eigenvalue weighted by molar-refractivity contribution is -0.179. The van der Waals surface area contributed by atoms with Crippen LogP contribution in [0.3, 0.4) is 0 Å². The Hall–Kier alpha value is -2.25. The van der Waals surface area contributed by atoms with Crippen molar-refractivity contribution in [3.63, 3.8) is 0 Å². The van der Waals surface area contributed by atoms with E-state index < -0.39 is 24.4 Å². The first kappa shape index (κ1) is 20.5. The molecule has 0 aliphatic carbocycles. The lowest BCUT2D eigenvalue weighted by Gasteiger charge is -2.37. The number of hydrogen-bond donors (Lipinski definition) is 3. The van der Waals surface area contributed by atoms with Crippen molar-refractivity contribution in [3.8, 4) is 0 Å². The van der Waals surface area contributed by atoms with Crippen molar-refractivity contribution < 1.29 is 29.6 Å². The van der Waals surface area contributed by atoms with Gasteiger partial charge in [-0.3, -0.25) is 0 Å². The van der Waals surface area contributed by atoms with Gasteiger partial charge in [0.15, 0.2) is 0 Å². The third-order valence-electron chi connectivity index (χ3n) is 5.11. The van der Waals surface area contributed by atoms with Gasteiger partial charge in [-0.15, -0.1) is 0 Å². The van der Waals surface area contributed by atoms with Crippen LogP contribution in [0.5, 0.6) is 0 Å². The highest BCUT2D eigenvalue weighted by molar-refractivity contribution is 5.89. The fourth-order valence-corrected chi connectivity index (χ4v) is 3.49. The van der Waals surface area contributed by atoms with Gasteiger partial charge in [0, 0.05) is 6.42 Å². The van der Waals surface area contributed by atoms with Crippen LogP contribution in [0.15, 0.2) is 48.5 Å². The number of carbonyl (C=O) groups is 1. The number of carbonyl (C=O) groups excluding carboxylic acids is 1. The molecule has 1 saturated heterocycles. The first-order valence-electron chi connectivity index (χ1n) is 9.40. The van der Waals surface area contributed by atoms with Crippen LogP contribution in [0.2, 0.25) is 0 Å². The quantitative estimate of drug-likeness (QED) is 0.655. The molecule has 3 N–H and O–H groups in total. The molecule has 0 saturated carbocycles. The predicted octanol–water partition coefficient (Wildman–Crippen LogP) is 1.80. The Balaban J connectivity index is 1.67. The highest BCUT2D eigenvalue weighted by atomic mass is 16.5. The zero-order valence-electron chi connectivity index (χ0n) is 15.8. The fourth-order valence-electron chi connectivity index (χ4n) is 3.49. The molecule has 0 amide bonds. The molecule has 1 aliphatic heterocycles. The Bertz CT molecular complexity index is 788. The van der Waals surface area contributed by atoms with Crippen LogP contribution in [-0.2, 0) is 22.3 Å². The minimum Gasteiger partial charge on any atom is -0.465 e. The van der Waals surface area contributed by atoms with E-state index in [-0.39, 0.29) is 19.0 Å². The summed E-state index contributed by atoms with van der Waals surface area (Å²) in [5.41, 5.74) is 3.48. The summed E-state index contributed by atoms with van der Waals surface area (Å²) in [6, 6.07) is 15.0. The number of rotatable bonds is 6. The van der Waals surface area contributed by atoms with Crippen LogP contribution in [0.25, 0.3) is 0 Å². The van der Waals surface area contributed by atoms with Gasteiger partial charge in [-0.05, 0) is 41.7 Å². The Labute approximate surface area is 164 Å². The van der Waals surface area contributed by atoms with Gasteiger partial charge in [-0.25, -0.2) is 4.79 Å². The van der Waals surface area contributed by atoms with E-state index in [0.717, 1.165) is 29.5 Å². The van der Waals surface area contributed by atoms with E-state index >= 15 is 0 Å². The van der Waals surface area contributed by atoms with Crippen LogP contribution in [-0.4, -0.2) is 53.3 Å². The lowest BCUT2D eigenvalue weighted by atomic mass is 9.92. The van der Waals surface area contributed by atoms with Crippen LogP contribution >= 0.6 is 0 Å². The summed E-state index contributed by atoms with van der Waals surface area (Å²) in [5, 5.41) is 29.7. The summed E-state index contributed by atoms with van der Waals surface area (Å²) in [6.45, 7) is -0.193. The summed E-state index contributed by atoms with van der Waals surface area (Å²) in [4.78, 5) is 11.5. The first-order chi connectivity index (χ1) is 13.5. The zero-order valence-corrected chi connectivity index (χ0v) is 15.8. The number of ether oxygens (including phenoxy) is 2. The van der Waals surface area contributed by atoms with Crippen molar-refractivity contribution in [1.82, 2.24) is 0 Å². The number of aryl methyl sites for hydroxylation is 2. The van der Waals surface area contributed by atoms with E-state index in [2.05, 4.69) is 0 Å². The van der Waals surface area contributed by atoms with E-state index in [0.29, 0.717) is 5.56 Å². The van der Waals surface area contributed by atoms with Gasteiger partial charge in [0.05, 0.1) is 31.5 Å². The second-order valence-electron chi connectivity index (χ2n) is 7.09. The Kier molecular flexibility index (Phi) is 6.80. The van der Waals surface area contributed by atoms with Gasteiger partial charge < -0.3 is 24.8 Å². The van der Waals surface area contributed by atoms with Gasteiger partial charge in [0.1, 0.15) is 12.2 Å². The van der Waals surface area contributed by atoms with Crippen LogP contribution in [0.4, 0.5) is 0 Å². The SMILES string of the molecule is COC(=O)c1ccc(CCc2cccc([C@H]3OC(CO)CC(O)C3O)c2)cc1. The number of benzene rings is 2. The maximum absolute atomic E-state index is 11.5. The lowest BCUT2D eigenvalue weighted by Crippen LogP contribution is -2.44. The van der Waals surface area contributed by atoms with Gasteiger partial charge in [-0.2, -0.15) is 0 Å². The van der Waals surface area contributed by atoms with E-state index in [1.807, 2.05) is 36.4 Å². The molecule has 1 aliphatic rings. The molecule has 1 heterocycles. The molecule has 0 radical (unpaired) electrons. The van der Waals surface area contributed by atoms with Crippen LogP contribution in [0, 0.1) is 0 Å². The maximum atomic E-state index is 11.5. The number of hydrogen-bond acceptors (Lipinski definition) is 6. The minimum atomic E-state index is -1.02. The van der Waals surface area contributed by atoms with Crippen molar-refractivity contribution in [2.24, 2.45) is 0 Å². The summed E-state index contributed by atoms with van der Waals surface area (Å²) in [7, 11) is 1.36. The second-order valence-corrected chi connectivity index (χ2v) is 7.09. The van der Waals surface area contributed by atoms with Gasteiger partial charge in [0.25, 0.3) is 0 Å². The van der Waals surface area contributed by atoms with Gasteiger partial charge in [-0.1, -0.05) is 36.4 Å². The monoisotopic (exact) mass is 386 g/mol. The zero-order chi connectivity index (χ0) is 20.1. The summed E-state index contributed by atoms with van der Waals surface area (Å²) >= 11 is 0. The molecule has 3 unspecified atom stereocenters. The standard InChI is InChI=1S/C22H26O6/c1-27-22(26)16-9-7-14(8-10-16)5-6-15-3-2-4-17(11-15)21-20(25)19(24)12-18(13-23)28-21/h2-4,7-11,18-21,23-25H,5-6,12-13H2,1H3/t18?,19?,20?,21-/m1/s1. The molecule has 3 rings (SSSR count). The first-order valence-corrected chi connectivity index (χ1v) is 9.40. The summed E-state index contributed by atoms with van der Waals surface area (Å²) in [6.07, 6.45) is -1.31. The number of esters is 1. The molecule has 4 atom stereocenters. The van der Waals surface area contributed by atoms with E-state index in [1.165, 1.54) is 7.11 Å². The third-order valence-corrected chi connectivity index (χ3v) is 5.11. The number of methoxy groups -OCH3 is 1. The van der Waals surface area contributed by atoms with Crippen molar-refractivity contribution in [3.05, 3.63) is 70.8 Å². The largest absolute Gasteiger partial charge is 0.465 e. The molecule has 0 bridgehead atoms. The fraction of sp³-hybridized carbons (Fsp3) is 0.409. The highest BCUT2D eigenvalue weighted by Gasteiger charge is 2.37. The van der Waals surface area contributed by atoms with Crippen molar-refractivity contribution >= 4 is 5.97 Å². The van der Waals surface area contributed by atoms with Crippen molar-refractivity contribution in [2.45, 2.75) is 43.7 Å². The average Bonchev–Trinajstić information content (AvgIpc) is 2.74. The average molecular weight is 386 g/mol. The van der Waals surface area contributed by atoms with E-state index in [4.69, 9.17) is 9.47 Å². The Morgan fingerprint density at radius 2 is 1.82 bits per heavy atom. The summed E-state index contributed by atoms with van der Waals surface area (Å²) in [5.74, 6) is -0.353. The molecule has 2 aromatic carbocycles. The van der Waals surface area contributed by atoms with Gasteiger partial charge in [0.2, 0.25) is 0 Å². The van der Waals surface area contributed by atoms with E-state index in [1.54, 1.807) is 12.1 Å². The smallest absolute Gasteiger partial charge is 0.337 e. The van der Waals surface area contributed by atoms with Crippen molar-refractivity contribution in [2.75, 3.05) is 13.7 Å². The molecular weight excluding hydrogens is 360 g/mol. The maximum Gasteiger partial charge on any atom is 0.337 e. The van der Waals surface area contributed by atoms with Crippen LogP contribution in [0.1, 0.15) is 39.6 Å². The molecule has 28 heavy (non-hydrogen) atoms. The normalized spacial score (nSPS) is 24.7. The minimum absolute atomic E-state index is 0.193. The molecule has 150 valence electrons. The van der Waals surface area contributed by atoms with E-state index in [9.17, 15) is 20.1 Å². The second kappa shape index (κ2) is 9.30. The third kappa shape index (κ3) is 4.77. The van der Waals surface area contributed by atoms with Crippen molar-refractivity contribution in [1.29, 1.82) is 0 Å². The van der Waals surface area contributed by atoms with Crippen LogP contribution < -0.4 is 0 Å². The Morgan fingerprint density at radius 1 is 1.11 bits per heavy atom. The number of aliphatic hydroxyl groups is 3. The molecule has 6 nitrogen and oxygen atoms in total. The molecule has 0 spiro atoms. The predicted molar refractivity (Wildman–Crippen MR) is 103 cm³/mol. The highest BCUT2D eigenvalue weighted by Crippen LogP contribution is 2.32. The molecule has 2 aromatic rings. The number of aliphatic hydroxyl groups excluding tert-OH is 3. The summed E-state index contributed by atoms with van der Waals surface area (Å²) < 4.78 is 10.5. The molecule has 1 fully saturated rings.